The Morgan fingerprint density at radius 1 is 1.12 bits per heavy atom. The average molecular weight is 462 g/mol. The van der Waals surface area contributed by atoms with E-state index in [0.29, 0.717) is 44.9 Å². The first-order valence-corrected chi connectivity index (χ1v) is 15.4. The largest absolute Gasteiger partial charge is 0.453 e. The number of fused-ring (bicyclic) bond motifs is 1. The van der Waals surface area contributed by atoms with Crippen LogP contribution in [0.5, 0.6) is 0 Å². The minimum absolute atomic E-state index is 0.0143. The monoisotopic (exact) mass is 461 g/mol. The molecule has 1 heterocycles. The van der Waals surface area contributed by atoms with Gasteiger partial charge in [0.15, 0.2) is 0 Å². The second kappa shape index (κ2) is 12.0. The second-order valence-corrected chi connectivity index (χ2v) is 15.7. The quantitative estimate of drug-likeness (QED) is 0.214. The number of rotatable bonds is 10. The van der Waals surface area contributed by atoms with Crippen LogP contribution in [0.15, 0.2) is 42.0 Å². The van der Waals surface area contributed by atoms with E-state index >= 15 is 0 Å². The summed E-state index contributed by atoms with van der Waals surface area (Å²) in [6.07, 6.45) is 3.85. The third kappa shape index (κ3) is 7.73. The lowest BCUT2D eigenvalue weighted by Gasteiger charge is -2.43. The van der Waals surface area contributed by atoms with E-state index in [4.69, 9.17) is 18.9 Å². The molecule has 1 aliphatic heterocycles. The molecule has 2 aliphatic rings. The number of carbonyl (C=O) groups excluding carboxylic acids is 1. The SMILES string of the molecule is COC(=O)N1CC[C@@H]2C(COCOCC[Si](C)(C)C)=C[C@H](OCc3ccccc3)C[C@@H]2C1. The Hall–Kier alpha value is -1.67. The minimum Gasteiger partial charge on any atom is -0.453 e. The first kappa shape index (κ1) is 25.0. The molecule has 1 amide bonds. The van der Waals surface area contributed by atoms with Gasteiger partial charge in [-0.25, -0.2) is 4.79 Å². The van der Waals surface area contributed by atoms with Crippen LogP contribution in [0.25, 0.3) is 0 Å². The lowest BCUT2D eigenvalue weighted by atomic mass is 9.73. The number of amides is 1. The fourth-order valence-corrected chi connectivity index (χ4v) is 5.24. The molecule has 6 nitrogen and oxygen atoms in total. The Kier molecular flexibility index (Phi) is 9.34. The maximum absolute atomic E-state index is 12.1. The van der Waals surface area contributed by atoms with E-state index in [-0.39, 0.29) is 12.2 Å². The summed E-state index contributed by atoms with van der Waals surface area (Å²) < 4.78 is 22.8. The van der Waals surface area contributed by atoms with E-state index in [1.54, 1.807) is 0 Å². The summed E-state index contributed by atoms with van der Waals surface area (Å²) in [5, 5.41) is 0. The van der Waals surface area contributed by atoms with Gasteiger partial charge in [0.1, 0.15) is 6.79 Å². The highest BCUT2D eigenvalue weighted by molar-refractivity contribution is 6.76. The van der Waals surface area contributed by atoms with Crippen LogP contribution < -0.4 is 0 Å². The van der Waals surface area contributed by atoms with E-state index in [1.165, 1.54) is 12.7 Å². The van der Waals surface area contributed by atoms with Gasteiger partial charge in [0.05, 0.1) is 26.4 Å². The van der Waals surface area contributed by atoms with Crippen LogP contribution in [-0.4, -0.2) is 65.4 Å². The summed E-state index contributed by atoms with van der Waals surface area (Å²) >= 11 is 0. The van der Waals surface area contributed by atoms with Crippen molar-refractivity contribution >= 4 is 14.2 Å². The van der Waals surface area contributed by atoms with Gasteiger partial charge in [-0.15, -0.1) is 0 Å². The number of ether oxygens (including phenoxy) is 4. The fraction of sp³-hybridized carbons (Fsp3) is 0.640. The van der Waals surface area contributed by atoms with Crippen molar-refractivity contribution < 1.29 is 23.7 Å². The molecule has 32 heavy (non-hydrogen) atoms. The van der Waals surface area contributed by atoms with Crippen LogP contribution in [0.2, 0.25) is 25.7 Å². The summed E-state index contributed by atoms with van der Waals surface area (Å²) in [5.74, 6) is 0.759. The smallest absolute Gasteiger partial charge is 0.409 e. The third-order valence-electron chi connectivity index (χ3n) is 6.32. The fourth-order valence-electron chi connectivity index (χ4n) is 4.49. The van der Waals surface area contributed by atoms with E-state index < -0.39 is 8.07 Å². The molecule has 1 aliphatic carbocycles. The standard InChI is InChI=1S/C25H39NO5Si/c1-28-25(27)26-11-10-24-21(16-26)14-23(31-17-20-8-6-5-7-9-20)15-22(24)18-30-19-29-12-13-32(2,3)4/h5-9,15,21,23-24H,10-14,16-19H2,1-4H3/t21-,23-,24+/m1/s1. The molecule has 0 aromatic heterocycles. The molecule has 1 fully saturated rings. The molecular weight excluding hydrogens is 422 g/mol. The number of nitrogens with zero attached hydrogens (tertiary/aromatic N) is 1. The van der Waals surface area contributed by atoms with E-state index in [0.717, 1.165) is 31.1 Å². The number of hydrogen-bond acceptors (Lipinski definition) is 5. The van der Waals surface area contributed by atoms with E-state index in [2.05, 4.69) is 37.8 Å². The van der Waals surface area contributed by atoms with Gasteiger partial charge < -0.3 is 23.8 Å². The highest BCUT2D eigenvalue weighted by atomic mass is 28.3. The number of likely N-dealkylation sites (tertiary alicyclic amines) is 1. The molecule has 1 aromatic rings. The van der Waals surface area contributed by atoms with Crippen LogP contribution in [0.4, 0.5) is 4.79 Å². The Morgan fingerprint density at radius 2 is 1.91 bits per heavy atom. The van der Waals surface area contributed by atoms with Gasteiger partial charge in [0.25, 0.3) is 0 Å². The van der Waals surface area contributed by atoms with E-state index in [1.807, 2.05) is 23.1 Å². The Bertz CT molecular complexity index is 748. The van der Waals surface area contributed by atoms with Crippen molar-refractivity contribution in [2.45, 2.75) is 51.2 Å². The molecule has 1 saturated heterocycles. The zero-order chi connectivity index (χ0) is 23.0. The maximum atomic E-state index is 12.1. The predicted octanol–water partition coefficient (Wildman–Crippen LogP) is 4.94. The molecule has 0 unspecified atom stereocenters. The summed E-state index contributed by atoms with van der Waals surface area (Å²) in [5.41, 5.74) is 2.44. The molecule has 3 atom stereocenters. The molecule has 0 bridgehead atoms. The lowest BCUT2D eigenvalue weighted by molar-refractivity contribution is -0.0478. The van der Waals surface area contributed by atoms with Crippen molar-refractivity contribution in [2.24, 2.45) is 11.8 Å². The van der Waals surface area contributed by atoms with Gasteiger partial charge in [-0.3, -0.25) is 0 Å². The molecule has 0 N–H and O–H groups in total. The van der Waals surface area contributed by atoms with Gasteiger partial charge >= 0.3 is 6.09 Å². The van der Waals surface area contributed by atoms with Crippen LogP contribution >= 0.6 is 0 Å². The average Bonchev–Trinajstić information content (AvgIpc) is 2.78. The first-order valence-electron chi connectivity index (χ1n) is 11.7. The number of carbonyl (C=O) groups is 1. The van der Waals surface area contributed by atoms with Crippen LogP contribution in [0, 0.1) is 11.8 Å². The van der Waals surface area contributed by atoms with Crippen molar-refractivity contribution in [2.75, 3.05) is 40.2 Å². The third-order valence-corrected chi connectivity index (χ3v) is 8.02. The van der Waals surface area contributed by atoms with Crippen molar-refractivity contribution in [3.8, 4) is 0 Å². The molecule has 7 heteroatoms. The summed E-state index contributed by atoms with van der Waals surface area (Å²) in [7, 11) is 0.358. The van der Waals surface area contributed by atoms with Crippen LogP contribution in [0.3, 0.4) is 0 Å². The second-order valence-electron chi connectivity index (χ2n) is 10.1. The molecule has 0 radical (unpaired) electrons. The van der Waals surface area contributed by atoms with Gasteiger partial charge in [-0.05, 0) is 41.9 Å². The molecule has 0 spiro atoms. The Labute approximate surface area is 193 Å². The molecule has 0 saturated carbocycles. The number of piperidine rings is 1. The zero-order valence-corrected chi connectivity index (χ0v) is 21.0. The predicted molar refractivity (Wildman–Crippen MR) is 128 cm³/mol. The van der Waals surface area contributed by atoms with Crippen LogP contribution in [0.1, 0.15) is 18.4 Å². The van der Waals surface area contributed by atoms with Gasteiger partial charge in [-0.1, -0.05) is 56.0 Å². The number of benzene rings is 1. The zero-order valence-electron chi connectivity index (χ0n) is 20.0. The minimum atomic E-state index is -1.09. The van der Waals surface area contributed by atoms with Crippen LogP contribution in [-0.2, 0) is 25.6 Å². The Balaban J connectivity index is 1.58. The van der Waals surface area contributed by atoms with Gasteiger partial charge in [-0.2, -0.15) is 0 Å². The van der Waals surface area contributed by atoms with E-state index in [9.17, 15) is 4.79 Å². The van der Waals surface area contributed by atoms with Crippen molar-refractivity contribution in [1.82, 2.24) is 4.90 Å². The van der Waals surface area contributed by atoms with Crippen molar-refractivity contribution in [1.29, 1.82) is 0 Å². The van der Waals surface area contributed by atoms with Crippen molar-refractivity contribution in [3.05, 3.63) is 47.5 Å². The normalized spacial score (nSPS) is 23.4. The molecule has 3 rings (SSSR count). The van der Waals surface area contributed by atoms with Gasteiger partial charge in [0, 0.05) is 27.8 Å². The van der Waals surface area contributed by atoms with Crippen molar-refractivity contribution in [3.63, 3.8) is 0 Å². The highest BCUT2D eigenvalue weighted by Gasteiger charge is 2.38. The molecular formula is C25H39NO5Si. The molecule has 1 aromatic carbocycles. The number of hydrogen-bond donors (Lipinski definition) is 0. The molecule has 178 valence electrons. The maximum Gasteiger partial charge on any atom is 0.409 e. The summed E-state index contributed by atoms with van der Waals surface area (Å²) in [6, 6.07) is 11.4. The topological polar surface area (TPSA) is 57.2 Å². The Morgan fingerprint density at radius 3 is 2.62 bits per heavy atom. The van der Waals surface area contributed by atoms with Gasteiger partial charge in [0.2, 0.25) is 0 Å². The summed E-state index contributed by atoms with van der Waals surface area (Å²) in [6.45, 7) is 10.7. The first-order chi connectivity index (χ1) is 15.4. The highest BCUT2D eigenvalue weighted by Crippen LogP contribution is 2.38. The number of methoxy groups -OCH3 is 1. The summed E-state index contributed by atoms with van der Waals surface area (Å²) in [4.78, 5) is 13.9. The lowest BCUT2D eigenvalue weighted by Crippen LogP contribution is -2.47.